The zero-order valence-electron chi connectivity index (χ0n) is 8.57. The maximum atomic E-state index is 12.2. The number of halogens is 1. The van der Waals surface area contributed by atoms with Crippen molar-refractivity contribution in [3.05, 3.63) is 50.6 Å². The molecule has 2 nitrogen and oxygen atoms in total. The average molecular weight is 297 g/mol. The lowest BCUT2D eigenvalue weighted by Gasteiger charge is -2.03. The fourth-order valence-electron chi connectivity index (χ4n) is 1.39. The first-order chi connectivity index (χ1) is 7.74. The SMILES string of the molecule is COc1ccsc1C(=O)c1ccccc1Br. The second-order valence-electron chi connectivity index (χ2n) is 3.13. The van der Waals surface area contributed by atoms with Gasteiger partial charge in [-0.15, -0.1) is 11.3 Å². The topological polar surface area (TPSA) is 26.3 Å². The van der Waals surface area contributed by atoms with Crippen molar-refractivity contribution in [1.29, 1.82) is 0 Å². The molecule has 0 N–H and O–H groups in total. The van der Waals surface area contributed by atoms with Gasteiger partial charge in [-0.1, -0.05) is 28.1 Å². The molecule has 0 unspecified atom stereocenters. The monoisotopic (exact) mass is 296 g/mol. The molecule has 0 amide bonds. The molecule has 0 saturated carbocycles. The molecule has 0 saturated heterocycles. The van der Waals surface area contributed by atoms with Crippen LogP contribution in [0.4, 0.5) is 0 Å². The molecule has 1 aromatic heterocycles. The Labute approximate surface area is 106 Å². The highest BCUT2D eigenvalue weighted by atomic mass is 79.9. The van der Waals surface area contributed by atoms with Crippen LogP contribution in [0.1, 0.15) is 15.2 Å². The molecule has 0 aliphatic heterocycles. The standard InChI is InChI=1S/C12H9BrO2S/c1-15-10-6-7-16-12(10)11(14)8-4-2-3-5-9(8)13/h2-7H,1H3. The number of ether oxygens (including phenoxy) is 1. The highest BCUT2D eigenvalue weighted by Crippen LogP contribution is 2.29. The summed E-state index contributed by atoms with van der Waals surface area (Å²) in [6, 6.07) is 9.18. The van der Waals surface area contributed by atoms with Crippen LogP contribution in [0.5, 0.6) is 5.75 Å². The van der Waals surface area contributed by atoms with Crippen LogP contribution in [0.2, 0.25) is 0 Å². The zero-order valence-corrected chi connectivity index (χ0v) is 11.0. The van der Waals surface area contributed by atoms with E-state index in [0.29, 0.717) is 16.2 Å². The third-order valence-corrected chi connectivity index (χ3v) is 3.76. The van der Waals surface area contributed by atoms with E-state index in [4.69, 9.17) is 4.74 Å². The fraction of sp³-hybridized carbons (Fsp3) is 0.0833. The molecule has 0 spiro atoms. The maximum Gasteiger partial charge on any atom is 0.207 e. The van der Waals surface area contributed by atoms with Crippen molar-refractivity contribution >= 4 is 33.0 Å². The van der Waals surface area contributed by atoms with E-state index in [9.17, 15) is 4.79 Å². The smallest absolute Gasteiger partial charge is 0.207 e. The van der Waals surface area contributed by atoms with E-state index >= 15 is 0 Å². The normalized spacial score (nSPS) is 10.1. The van der Waals surface area contributed by atoms with Gasteiger partial charge in [-0.3, -0.25) is 4.79 Å². The van der Waals surface area contributed by atoms with Crippen molar-refractivity contribution in [3.63, 3.8) is 0 Å². The van der Waals surface area contributed by atoms with Gasteiger partial charge in [0, 0.05) is 10.0 Å². The number of methoxy groups -OCH3 is 1. The van der Waals surface area contributed by atoms with Crippen LogP contribution >= 0.6 is 27.3 Å². The predicted octanol–water partition coefficient (Wildman–Crippen LogP) is 3.75. The Morgan fingerprint density at radius 2 is 2.06 bits per heavy atom. The average Bonchev–Trinajstić information content (AvgIpc) is 2.77. The molecule has 1 heterocycles. The number of carbonyl (C=O) groups excluding carboxylic acids is 1. The van der Waals surface area contributed by atoms with E-state index in [0.717, 1.165) is 4.47 Å². The van der Waals surface area contributed by atoms with E-state index in [1.54, 1.807) is 19.2 Å². The molecule has 0 radical (unpaired) electrons. The lowest BCUT2D eigenvalue weighted by molar-refractivity contribution is 0.103. The second kappa shape index (κ2) is 4.80. The Morgan fingerprint density at radius 3 is 2.75 bits per heavy atom. The largest absolute Gasteiger partial charge is 0.495 e. The van der Waals surface area contributed by atoms with Gasteiger partial charge in [0.15, 0.2) is 0 Å². The van der Waals surface area contributed by atoms with Gasteiger partial charge in [-0.2, -0.15) is 0 Å². The predicted molar refractivity (Wildman–Crippen MR) is 68.4 cm³/mol. The number of thiophene rings is 1. The molecule has 2 aromatic rings. The van der Waals surface area contributed by atoms with Crippen molar-refractivity contribution < 1.29 is 9.53 Å². The van der Waals surface area contributed by atoms with Crippen molar-refractivity contribution in [2.24, 2.45) is 0 Å². The summed E-state index contributed by atoms with van der Waals surface area (Å²) in [5.74, 6) is 0.616. The molecule has 0 bridgehead atoms. The van der Waals surface area contributed by atoms with Crippen LogP contribution in [-0.2, 0) is 0 Å². The van der Waals surface area contributed by atoms with Gasteiger partial charge < -0.3 is 4.74 Å². The van der Waals surface area contributed by atoms with Gasteiger partial charge in [0.05, 0.1) is 7.11 Å². The summed E-state index contributed by atoms with van der Waals surface area (Å²) < 4.78 is 5.94. The lowest BCUT2D eigenvalue weighted by atomic mass is 10.1. The molecular weight excluding hydrogens is 288 g/mol. The van der Waals surface area contributed by atoms with E-state index in [2.05, 4.69) is 15.9 Å². The molecule has 0 aliphatic carbocycles. The first-order valence-electron chi connectivity index (χ1n) is 4.64. The number of benzene rings is 1. The Hall–Kier alpha value is -1.13. The molecule has 0 atom stereocenters. The first-order valence-corrected chi connectivity index (χ1v) is 6.32. The quantitative estimate of drug-likeness (QED) is 0.807. The van der Waals surface area contributed by atoms with Gasteiger partial charge in [-0.25, -0.2) is 0 Å². The number of carbonyl (C=O) groups is 1. The first kappa shape index (κ1) is 11.4. The maximum absolute atomic E-state index is 12.2. The third kappa shape index (κ3) is 2.03. The van der Waals surface area contributed by atoms with Crippen molar-refractivity contribution in [2.75, 3.05) is 7.11 Å². The summed E-state index contributed by atoms with van der Waals surface area (Å²) in [7, 11) is 1.57. The fourth-order valence-corrected chi connectivity index (χ4v) is 2.67. The van der Waals surface area contributed by atoms with Gasteiger partial charge in [0.25, 0.3) is 0 Å². The molecule has 82 valence electrons. The van der Waals surface area contributed by atoms with Crippen LogP contribution in [0.25, 0.3) is 0 Å². The summed E-state index contributed by atoms with van der Waals surface area (Å²) in [6.07, 6.45) is 0. The molecular formula is C12H9BrO2S. The Kier molecular flexibility index (Phi) is 3.41. The summed E-state index contributed by atoms with van der Waals surface area (Å²) in [5, 5.41) is 1.85. The molecule has 1 aromatic carbocycles. The summed E-state index contributed by atoms with van der Waals surface area (Å²) >= 11 is 4.76. The number of ketones is 1. The molecule has 2 rings (SSSR count). The number of hydrogen-bond acceptors (Lipinski definition) is 3. The van der Waals surface area contributed by atoms with Crippen LogP contribution in [0, 0.1) is 0 Å². The highest BCUT2D eigenvalue weighted by Gasteiger charge is 2.17. The Bertz CT molecular complexity index is 519. The summed E-state index contributed by atoms with van der Waals surface area (Å²) in [4.78, 5) is 12.8. The van der Waals surface area contributed by atoms with Gasteiger partial charge in [0.1, 0.15) is 10.6 Å². The van der Waals surface area contributed by atoms with Crippen LogP contribution in [-0.4, -0.2) is 12.9 Å². The minimum absolute atomic E-state index is 0.0145. The van der Waals surface area contributed by atoms with Crippen molar-refractivity contribution in [2.45, 2.75) is 0 Å². The zero-order chi connectivity index (χ0) is 11.5. The van der Waals surface area contributed by atoms with E-state index in [1.807, 2.05) is 23.6 Å². The molecule has 0 fully saturated rings. The summed E-state index contributed by atoms with van der Waals surface area (Å²) in [5.41, 5.74) is 0.656. The van der Waals surface area contributed by atoms with Gasteiger partial charge in [-0.05, 0) is 23.6 Å². The van der Waals surface area contributed by atoms with Gasteiger partial charge in [0.2, 0.25) is 5.78 Å². The van der Waals surface area contributed by atoms with Crippen molar-refractivity contribution in [1.82, 2.24) is 0 Å². The lowest BCUT2D eigenvalue weighted by Crippen LogP contribution is -2.01. The minimum atomic E-state index is -0.0145. The minimum Gasteiger partial charge on any atom is -0.495 e. The Balaban J connectivity index is 2.44. The third-order valence-electron chi connectivity index (χ3n) is 2.17. The van der Waals surface area contributed by atoms with E-state index in [1.165, 1.54) is 11.3 Å². The van der Waals surface area contributed by atoms with E-state index < -0.39 is 0 Å². The van der Waals surface area contributed by atoms with Crippen LogP contribution < -0.4 is 4.74 Å². The molecule has 16 heavy (non-hydrogen) atoms. The number of rotatable bonds is 3. The summed E-state index contributed by atoms with van der Waals surface area (Å²) in [6.45, 7) is 0. The highest BCUT2D eigenvalue weighted by molar-refractivity contribution is 9.10. The van der Waals surface area contributed by atoms with Crippen molar-refractivity contribution in [3.8, 4) is 5.75 Å². The Morgan fingerprint density at radius 1 is 1.31 bits per heavy atom. The van der Waals surface area contributed by atoms with Crippen LogP contribution in [0.15, 0.2) is 40.2 Å². The second-order valence-corrected chi connectivity index (χ2v) is 4.90. The van der Waals surface area contributed by atoms with Gasteiger partial charge >= 0.3 is 0 Å². The van der Waals surface area contributed by atoms with E-state index in [-0.39, 0.29) is 5.78 Å². The number of hydrogen-bond donors (Lipinski definition) is 0. The molecule has 4 heteroatoms. The molecule has 0 aliphatic rings. The van der Waals surface area contributed by atoms with Crippen LogP contribution in [0.3, 0.4) is 0 Å².